The minimum atomic E-state index is -1.35. The minimum absolute atomic E-state index is 0.0163. The van der Waals surface area contributed by atoms with Crippen LogP contribution in [-0.4, -0.2) is 80.1 Å². The second-order valence-electron chi connectivity index (χ2n) is 16.9. The Morgan fingerprint density at radius 3 is 1.83 bits per heavy atom. The standard InChI is InChI=1S/C52H65N7O7/c1-3-4-5-6-13-21-47(61)54-30-15-14-20-44(56-49(62)43(53)33-41-34-59(35-55-41)48(39-16-9-7-10-17-39)40-18-11-8-12-19-40)50(63)57-45(31-37-24-22-36(2)23-25-37)51(64)58-46(52(65)66)32-38-26-28-42(60)29-27-38/h7-12,16-19,22-29,34-35,43-46,48,60H,3-6,13-15,20-21,30-33,53H2,1-2H3,(H,54,61)(H,56,62)(H,57,63)(H,58,64)(H,65,66)/t43?,44?,45?,46-/m0/s1. The summed E-state index contributed by atoms with van der Waals surface area (Å²) in [6.07, 6.45) is 10.4. The number of aromatic nitrogens is 2. The summed E-state index contributed by atoms with van der Waals surface area (Å²) >= 11 is 0. The lowest BCUT2D eigenvalue weighted by Gasteiger charge is -2.25. The molecule has 350 valence electrons. The molecule has 66 heavy (non-hydrogen) atoms. The van der Waals surface area contributed by atoms with E-state index in [1.807, 2.05) is 103 Å². The highest BCUT2D eigenvalue weighted by molar-refractivity contribution is 5.94. The molecule has 0 aliphatic rings. The molecule has 8 N–H and O–H groups in total. The van der Waals surface area contributed by atoms with Crippen LogP contribution in [0.1, 0.15) is 104 Å². The lowest BCUT2D eigenvalue weighted by atomic mass is 9.98. The molecule has 14 heteroatoms. The third-order valence-electron chi connectivity index (χ3n) is 11.5. The SMILES string of the molecule is CCCCCCCC(=O)NCCCCC(NC(=O)C(N)Cc1cn(C(c2ccccc2)c2ccccc2)cn1)C(=O)NC(Cc1ccc(C)cc1)C(=O)N[C@@H](Cc1ccc(O)cc1)C(=O)O. The number of carboxylic acids is 1. The summed E-state index contributed by atoms with van der Waals surface area (Å²) in [7, 11) is 0. The largest absolute Gasteiger partial charge is 0.508 e. The number of nitrogens with one attached hydrogen (secondary N) is 4. The van der Waals surface area contributed by atoms with Gasteiger partial charge in [-0.3, -0.25) is 19.2 Å². The normalized spacial score (nSPS) is 13.0. The highest BCUT2D eigenvalue weighted by atomic mass is 16.4. The maximum absolute atomic E-state index is 14.3. The maximum Gasteiger partial charge on any atom is 0.326 e. The Morgan fingerprint density at radius 1 is 0.652 bits per heavy atom. The summed E-state index contributed by atoms with van der Waals surface area (Å²) in [4.78, 5) is 71.7. The Morgan fingerprint density at radius 2 is 1.21 bits per heavy atom. The zero-order chi connectivity index (χ0) is 47.3. The van der Waals surface area contributed by atoms with Gasteiger partial charge >= 0.3 is 5.97 Å². The number of hydrogen-bond acceptors (Lipinski definition) is 8. The number of aryl methyl sites for hydroxylation is 1. The Kier molecular flexibility index (Phi) is 20.0. The van der Waals surface area contributed by atoms with E-state index < -0.39 is 47.9 Å². The summed E-state index contributed by atoms with van der Waals surface area (Å²) in [6, 6.07) is 28.4. The van der Waals surface area contributed by atoms with Gasteiger partial charge in [-0.05, 0) is 67.0 Å². The number of aliphatic carboxylic acids is 1. The van der Waals surface area contributed by atoms with E-state index in [1.165, 1.54) is 12.1 Å². The molecule has 14 nitrogen and oxygen atoms in total. The molecule has 0 saturated carbocycles. The Balaban J connectivity index is 1.30. The number of phenolic OH excluding ortho intramolecular Hbond substituents is 1. The quantitative estimate of drug-likeness (QED) is 0.0304. The monoisotopic (exact) mass is 899 g/mol. The lowest BCUT2D eigenvalue weighted by molar-refractivity contribution is -0.142. The van der Waals surface area contributed by atoms with Crippen molar-refractivity contribution in [1.29, 1.82) is 0 Å². The molecule has 0 aliphatic heterocycles. The van der Waals surface area contributed by atoms with Crippen molar-refractivity contribution in [2.75, 3.05) is 6.54 Å². The Bertz CT molecular complexity index is 2250. The molecule has 0 saturated heterocycles. The van der Waals surface area contributed by atoms with Crippen LogP contribution in [0.2, 0.25) is 0 Å². The van der Waals surface area contributed by atoms with Crippen LogP contribution in [0, 0.1) is 6.92 Å². The molecule has 0 spiro atoms. The number of imidazole rings is 1. The number of carbonyl (C=O) groups is 5. The fourth-order valence-corrected chi connectivity index (χ4v) is 7.76. The van der Waals surface area contributed by atoms with Crippen molar-refractivity contribution in [3.05, 3.63) is 155 Å². The van der Waals surface area contributed by atoms with E-state index in [0.29, 0.717) is 37.1 Å². The van der Waals surface area contributed by atoms with Gasteiger partial charge in [0.1, 0.15) is 23.9 Å². The van der Waals surface area contributed by atoms with Gasteiger partial charge in [0.15, 0.2) is 0 Å². The highest BCUT2D eigenvalue weighted by Crippen LogP contribution is 2.27. The molecular weight excluding hydrogens is 835 g/mol. The number of carbonyl (C=O) groups excluding carboxylic acids is 4. The second-order valence-corrected chi connectivity index (χ2v) is 16.9. The molecule has 1 heterocycles. The van der Waals surface area contributed by atoms with Gasteiger partial charge in [0, 0.05) is 38.4 Å². The molecule has 4 amide bonds. The number of benzene rings is 4. The van der Waals surface area contributed by atoms with Gasteiger partial charge in [0.05, 0.1) is 24.1 Å². The number of nitrogens with zero attached hydrogens (tertiary/aromatic N) is 2. The van der Waals surface area contributed by atoms with Crippen molar-refractivity contribution in [2.24, 2.45) is 5.73 Å². The molecular formula is C52H65N7O7. The second kappa shape index (κ2) is 26.2. The number of aromatic hydroxyl groups is 1. The Labute approximate surface area is 387 Å². The van der Waals surface area contributed by atoms with Crippen LogP contribution >= 0.6 is 0 Å². The smallest absolute Gasteiger partial charge is 0.326 e. The minimum Gasteiger partial charge on any atom is -0.508 e. The average molecular weight is 900 g/mol. The number of amides is 4. The van der Waals surface area contributed by atoms with Crippen molar-refractivity contribution >= 4 is 29.6 Å². The van der Waals surface area contributed by atoms with Crippen LogP contribution in [-0.2, 0) is 43.2 Å². The van der Waals surface area contributed by atoms with Gasteiger partial charge in [0.25, 0.3) is 0 Å². The van der Waals surface area contributed by atoms with E-state index in [2.05, 4.69) is 33.2 Å². The summed E-state index contributed by atoms with van der Waals surface area (Å²) in [6.45, 7) is 4.46. The molecule has 1 aromatic heterocycles. The average Bonchev–Trinajstić information content (AvgIpc) is 3.77. The summed E-state index contributed by atoms with van der Waals surface area (Å²) in [5.74, 6) is -3.27. The van der Waals surface area contributed by atoms with Crippen LogP contribution in [0.3, 0.4) is 0 Å². The number of unbranched alkanes of at least 4 members (excludes halogenated alkanes) is 5. The zero-order valence-electron chi connectivity index (χ0n) is 38.0. The van der Waals surface area contributed by atoms with E-state index in [4.69, 9.17) is 5.73 Å². The zero-order valence-corrected chi connectivity index (χ0v) is 38.0. The lowest BCUT2D eigenvalue weighted by Crippen LogP contribution is -2.58. The van der Waals surface area contributed by atoms with Crippen LogP contribution < -0.4 is 27.0 Å². The number of carboxylic acid groups (broad SMARTS) is 1. The van der Waals surface area contributed by atoms with Crippen LogP contribution in [0.5, 0.6) is 5.75 Å². The molecule has 3 unspecified atom stereocenters. The fourth-order valence-electron chi connectivity index (χ4n) is 7.76. The first-order valence-electron chi connectivity index (χ1n) is 23.0. The van der Waals surface area contributed by atoms with Crippen molar-refractivity contribution in [1.82, 2.24) is 30.8 Å². The molecule has 4 aromatic carbocycles. The van der Waals surface area contributed by atoms with E-state index in [1.54, 1.807) is 18.5 Å². The van der Waals surface area contributed by atoms with E-state index >= 15 is 0 Å². The van der Waals surface area contributed by atoms with Gasteiger partial charge in [-0.2, -0.15) is 0 Å². The number of nitrogens with two attached hydrogens (primary N) is 1. The van der Waals surface area contributed by atoms with Gasteiger partial charge in [-0.15, -0.1) is 0 Å². The predicted molar refractivity (Wildman–Crippen MR) is 254 cm³/mol. The first-order valence-corrected chi connectivity index (χ1v) is 23.0. The molecule has 5 aromatic rings. The summed E-state index contributed by atoms with van der Waals surface area (Å²) in [5, 5.41) is 31.0. The number of hydrogen-bond donors (Lipinski definition) is 7. The predicted octanol–water partition coefficient (Wildman–Crippen LogP) is 6.08. The Hall–Kier alpha value is -6.80. The van der Waals surface area contributed by atoms with Crippen LogP contribution in [0.4, 0.5) is 0 Å². The molecule has 0 bridgehead atoms. The van der Waals surface area contributed by atoms with E-state index in [-0.39, 0.29) is 43.4 Å². The fraction of sp³-hybridized carbons (Fsp3) is 0.385. The number of rotatable bonds is 27. The molecule has 5 rings (SSSR count). The van der Waals surface area contributed by atoms with Crippen molar-refractivity contribution < 1.29 is 34.2 Å². The third kappa shape index (κ3) is 16.3. The first kappa shape index (κ1) is 50.2. The van der Waals surface area contributed by atoms with Crippen LogP contribution in [0.25, 0.3) is 0 Å². The van der Waals surface area contributed by atoms with Gasteiger partial charge in [-0.1, -0.05) is 135 Å². The van der Waals surface area contributed by atoms with Gasteiger partial charge < -0.3 is 41.8 Å². The topological polar surface area (TPSA) is 218 Å². The first-order chi connectivity index (χ1) is 31.9. The molecule has 0 radical (unpaired) electrons. The van der Waals surface area contributed by atoms with Crippen molar-refractivity contribution in [2.45, 2.75) is 121 Å². The summed E-state index contributed by atoms with van der Waals surface area (Å²) in [5.41, 5.74) is 11.5. The highest BCUT2D eigenvalue weighted by Gasteiger charge is 2.31. The van der Waals surface area contributed by atoms with Crippen molar-refractivity contribution in [3.8, 4) is 5.75 Å². The molecule has 0 aliphatic carbocycles. The molecule has 0 fully saturated rings. The molecule has 4 atom stereocenters. The van der Waals surface area contributed by atoms with Gasteiger partial charge in [-0.25, -0.2) is 9.78 Å². The van der Waals surface area contributed by atoms with Crippen LogP contribution in [0.15, 0.2) is 122 Å². The maximum atomic E-state index is 14.3. The number of phenols is 1. The van der Waals surface area contributed by atoms with Crippen molar-refractivity contribution in [3.63, 3.8) is 0 Å². The van der Waals surface area contributed by atoms with E-state index in [0.717, 1.165) is 54.4 Å². The third-order valence-corrected chi connectivity index (χ3v) is 11.5. The van der Waals surface area contributed by atoms with E-state index in [9.17, 15) is 34.2 Å². The van der Waals surface area contributed by atoms with Gasteiger partial charge in [0.2, 0.25) is 23.6 Å². The summed E-state index contributed by atoms with van der Waals surface area (Å²) < 4.78 is 1.98.